The maximum absolute atomic E-state index is 5.43. The number of rotatable bonds is 2. The third-order valence-electron chi connectivity index (χ3n) is 3.40. The standard InChI is InChI=1S/C16H13N3O2/c1-11-3-2-4-16(18-11)19-13(7-8-17-19)12-5-6-14-15(9-12)21-10-20-14/h2-9H,10H2,1H3. The molecule has 3 aromatic rings. The summed E-state index contributed by atoms with van der Waals surface area (Å²) < 4.78 is 12.6. The summed E-state index contributed by atoms with van der Waals surface area (Å²) in [6, 6.07) is 13.7. The first kappa shape index (κ1) is 12.0. The summed E-state index contributed by atoms with van der Waals surface area (Å²) in [6.45, 7) is 2.24. The largest absolute Gasteiger partial charge is 0.454 e. The van der Waals surface area contributed by atoms with Crippen molar-refractivity contribution in [2.24, 2.45) is 0 Å². The molecule has 0 saturated heterocycles. The van der Waals surface area contributed by atoms with E-state index >= 15 is 0 Å². The van der Waals surface area contributed by atoms with Gasteiger partial charge in [-0.1, -0.05) is 6.07 Å². The predicted molar refractivity (Wildman–Crippen MR) is 77.7 cm³/mol. The van der Waals surface area contributed by atoms with Crippen LogP contribution in [0.3, 0.4) is 0 Å². The highest BCUT2D eigenvalue weighted by Gasteiger charge is 2.16. The SMILES string of the molecule is Cc1cccc(-n2nccc2-c2ccc3c(c2)OCO3)n1. The topological polar surface area (TPSA) is 49.2 Å². The third kappa shape index (κ3) is 2.03. The average molecular weight is 279 g/mol. The van der Waals surface area contributed by atoms with E-state index < -0.39 is 0 Å². The molecule has 4 rings (SSSR count). The van der Waals surface area contributed by atoms with Gasteiger partial charge in [0, 0.05) is 11.3 Å². The Kier molecular flexibility index (Phi) is 2.64. The van der Waals surface area contributed by atoms with E-state index in [0.717, 1.165) is 34.3 Å². The number of benzene rings is 1. The molecule has 2 aromatic heterocycles. The molecule has 0 atom stereocenters. The van der Waals surface area contributed by atoms with Crippen LogP contribution in [0.5, 0.6) is 11.5 Å². The Bertz CT molecular complexity index is 811. The predicted octanol–water partition coefficient (Wildman–Crippen LogP) is 2.97. The van der Waals surface area contributed by atoms with Crippen molar-refractivity contribution in [3.8, 4) is 28.6 Å². The van der Waals surface area contributed by atoms with E-state index in [9.17, 15) is 0 Å². The van der Waals surface area contributed by atoms with Gasteiger partial charge in [-0.2, -0.15) is 5.10 Å². The molecule has 0 fully saturated rings. The fourth-order valence-electron chi connectivity index (χ4n) is 2.41. The normalized spacial score (nSPS) is 12.6. The number of hydrogen-bond acceptors (Lipinski definition) is 4. The molecule has 5 nitrogen and oxygen atoms in total. The number of fused-ring (bicyclic) bond motifs is 1. The molecule has 0 N–H and O–H groups in total. The molecule has 104 valence electrons. The van der Waals surface area contributed by atoms with Crippen LogP contribution in [-0.4, -0.2) is 21.6 Å². The molecule has 1 aliphatic rings. The molecule has 0 amide bonds. The van der Waals surface area contributed by atoms with Crippen molar-refractivity contribution in [2.45, 2.75) is 6.92 Å². The van der Waals surface area contributed by atoms with Crippen LogP contribution in [0.25, 0.3) is 17.1 Å². The van der Waals surface area contributed by atoms with E-state index in [4.69, 9.17) is 9.47 Å². The Morgan fingerprint density at radius 3 is 2.86 bits per heavy atom. The fraction of sp³-hybridized carbons (Fsp3) is 0.125. The summed E-state index contributed by atoms with van der Waals surface area (Å²) in [5.74, 6) is 2.34. The van der Waals surface area contributed by atoms with Crippen LogP contribution < -0.4 is 9.47 Å². The van der Waals surface area contributed by atoms with E-state index in [2.05, 4.69) is 10.1 Å². The van der Waals surface area contributed by atoms with Gasteiger partial charge in [-0.25, -0.2) is 9.67 Å². The van der Waals surface area contributed by atoms with Gasteiger partial charge in [-0.15, -0.1) is 0 Å². The van der Waals surface area contributed by atoms with Crippen LogP contribution in [0, 0.1) is 6.92 Å². The Morgan fingerprint density at radius 2 is 1.95 bits per heavy atom. The van der Waals surface area contributed by atoms with Crippen LogP contribution in [0.4, 0.5) is 0 Å². The van der Waals surface area contributed by atoms with E-state index in [-0.39, 0.29) is 6.79 Å². The quantitative estimate of drug-likeness (QED) is 0.723. The highest BCUT2D eigenvalue weighted by molar-refractivity contribution is 5.66. The van der Waals surface area contributed by atoms with E-state index in [1.807, 2.05) is 54.1 Å². The van der Waals surface area contributed by atoms with Gasteiger partial charge in [0.15, 0.2) is 17.3 Å². The van der Waals surface area contributed by atoms with Crippen molar-refractivity contribution >= 4 is 0 Å². The zero-order valence-corrected chi connectivity index (χ0v) is 11.5. The minimum Gasteiger partial charge on any atom is -0.454 e. The van der Waals surface area contributed by atoms with Crippen molar-refractivity contribution in [1.82, 2.24) is 14.8 Å². The Labute approximate surface area is 121 Å². The lowest BCUT2D eigenvalue weighted by Crippen LogP contribution is -2.02. The fourth-order valence-corrected chi connectivity index (χ4v) is 2.41. The smallest absolute Gasteiger partial charge is 0.231 e. The number of hydrogen-bond donors (Lipinski definition) is 0. The zero-order valence-electron chi connectivity index (χ0n) is 11.5. The van der Waals surface area contributed by atoms with E-state index in [0.29, 0.717) is 0 Å². The van der Waals surface area contributed by atoms with Crippen molar-refractivity contribution in [2.75, 3.05) is 6.79 Å². The summed E-state index contributed by atoms with van der Waals surface area (Å²) in [4.78, 5) is 4.52. The monoisotopic (exact) mass is 279 g/mol. The highest BCUT2D eigenvalue weighted by Crippen LogP contribution is 2.36. The van der Waals surface area contributed by atoms with Crippen molar-refractivity contribution in [1.29, 1.82) is 0 Å². The van der Waals surface area contributed by atoms with Crippen LogP contribution >= 0.6 is 0 Å². The molecular weight excluding hydrogens is 266 g/mol. The van der Waals surface area contributed by atoms with Gasteiger partial charge in [0.25, 0.3) is 0 Å². The number of aryl methyl sites for hydroxylation is 1. The lowest BCUT2D eigenvalue weighted by molar-refractivity contribution is 0.174. The van der Waals surface area contributed by atoms with Gasteiger partial charge in [0.1, 0.15) is 0 Å². The van der Waals surface area contributed by atoms with E-state index in [1.165, 1.54) is 0 Å². The number of nitrogens with zero attached hydrogens (tertiary/aromatic N) is 3. The van der Waals surface area contributed by atoms with Crippen LogP contribution in [-0.2, 0) is 0 Å². The summed E-state index contributed by atoms with van der Waals surface area (Å²) in [5, 5.41) is 4.38. The lowest BCUT2D eigenvalue weighted by Gasteiger charge is -2.08. The summed E-state index contributed by atoms with van der Waals surface area (Å²) in [5.41, 5.74) is 2.94. The molecular formula is C16H13N3O2. The molecule has 0 unspecified atom stereocenters. The second kappa shape index (κ2) is 4.63. The minimum atomic E-state index is 0.275. The maximum atomic E-state index is 5.43. The molecule has 5 heteroatoms. The van der Waals surface area contributed by atoms with Gasteiger partial charge >= 0.3 is 0 Å². The number of pyridine rings is 1. The molecule has 0 saturated carbocycles. The van der Waals surface area contributed by atoms with E-state index in [1.54, 1.807) is 6.20 Å². The minimum absolute atomic E-state index is 0.275. The molecule has 0 bridgehead atoms. The van der Waals surface area contributed by atoms with Crippen molar-refractivity contribution < 1.29 is 9.47 Å². The Morgan fingerprint density at radius 1 is 1.05 bits per heavy atom. The number of aromatic nitrogens is 3. The molecule has 1 aromatic carbocycles. The molecule has 0 radical (unpaired) electrons. The van der Waals surface area contributed by atoms with Crippen molar-refractivity contribution in [3.63, 3.8) is 0 Å². The molecule has 0 aliphatic carbocycles. The van der Waals surface area contributed by atoms with Gasteiger partial charge < -0.3 is 9.47 Å². The zero-order chi connectivity index (χ0) is 14.2. The maximum Gasteiger partial charge on any atom is 0.231 e. The second-order valence-corrected chi connectivity index (χ2v) is 4.83. The Balaban J connectivity index is 1.82. The van der Waals surface area contributed by atoms with Gasteiger partial charge in [-0.05, 0) is 43.3 Å². The molecule has 0 spiro atoms. The van der Waals surface area contributed by atoms with Crippen LogP contribution in [0.2, 0.25) is 0 Å². The van der Waals surface area contributed by atoms with Gasteiger partial charge in [-0.3, -0.25) is 0 Å². The third-order valence-corrected chi connectivity index (χ3v) is 3.40. The second-order valence-electron chi connectivity index (χ2n) is 4.83. The van der Waals surface area contributed by atoms with Crippen LogP contribution in [0.15, 0.2) is 48.7 Å². The summed E-state index contributed by atoms with van der Waals surface area (Å²) in [7, 11) is 0. The van der Waals surface area contributed by atoms with Crippen molar-refractivity contribution in [3.05, 3.63) is 54.4 Å². The van der Waals surface area contributed by atoms with Gasteiger partial charge in [0.05, 0.1) is 11.9 Å². The highest BCUT2D eigenvalue weighted by atomic mass is 16.7. The van der Waals surface area contributed by atoms with Gasteiger partial charge in [0.2, 0.25) is 6.79 Å². The molecule has 21 heavy (non-hydrogen) atoms. The first-order chi connectivity index (χ1) is 10.3. The first-order valence-electron chi connectivity index (χ1n) is 6.69. The van der Waals surface area contributed by atoms with Crippen LogP contribution in [0.1, 0.15) is 5.69 Å². The average Bonchev–Trinajstić information content (AvgIpc) is 3.15. The number of ether oxygens (including phenoxy) is 2. The Hall–Kier alpha value is -2.82. The molecule has 1 aliphatic heterocycles. The lowest BCUT2D eigenvalue weighted by atomic mass is 10.1. The molecule has 3 heterocycles. The first-order valence-corrected chi connectivity index (χ1v) is 6.69. The summed E-state index contributed by atoms with van der Waals surface area (Å²) in [6.07, 6.45) is 1.77. The summed E-state index contributed by atoms with van der Waals surface area (Å²) >= 11 is 0.